The van der Waals surface area contributed by atoms with Gasteiger partial charge >= 0.3 is 0 Å². The summed E-state index contributed by atoms with van der Waals surface area (Å²) < 4.78 is 5.15. The highest BCUT2D eigenvalue weighted by atomic mass is 16.5. The molecule has 0 aliphatic rings. The summed E-state index contributed by atoms with van der Waals surface area (Å²) in [6.07, 6.45) is 1.71. The number of amides is 1. The van der Waals surface area contributed by atoms with Crippen LogP contribution in [0, 0.1) is 5.92 Å². The molecule has 1 atom stereocenters. The molecule has 0 radical (unpaired) electrons. The van der Waals surface area contributed by atoms with Crippen LogP contribution in [-0.2, 0) is 11.2 Å². The molecule has 0 saturated carbocycles. The number of rotatable bonds is 6. The van der Waals surface area contributed by atoms with E-state index in [1.807, 2.05) is 38.1 Å². The molecule has 1 N–H and O–H groups in total. The average molecular weight is 235 g/mol. The van der Waals surface area contributed by atoms with Gasteiger partial charge in [-0.1, -0.05) is 26.0 Å². The van der Waals surface area contributed by atoms with Gasteiger partial charge in [-0.3, -0.25) is 4.79 Å². The van der Waals surface area contributed by atoms with Crippen LogP contribution in [0.15, 0.2) is 24.3 Å². The van der Waals surface area contributed by atoms with Crippen LogP contribution in [0.1, 0.15) is 25.8 Å². The standard InChI is InChI=1S/C14H21NO2/c1-4-11(2)14(16)15-9-8-12-6-5-7-13(10-12)17-3/h5-7,10-11H,4,8-9H2,1-3H3,(H,15,16)/t11-/m0/s1. The summed E-state index contributed by atoms with van der Waals surface area (Å²) in [7, 11) is 1.66. The first-order chi connectivity index (χ1) is 8.17. The van der Waals surface area contributed by atoms with Gasteiger partial charge in [0, 0.05) is 12.5 Å². The van der Waals surface area contributed by atoms with Gasteiger partial charge in [0.25, 0.3) is 0 Å². The van der Waals surface area contributed by atoms with Crippen molar-refractivity contribution in [2.24, 2.45) is 5.92 Å². The zero-order chi connectivity index (χ0) is 12.7. The first-order valence-electron chi connectivity index (χ1n) is 6.08. The Labute approximate surface area is 103 Å². The number of carbonyl (C=O) groups excluding carboxylic acids is 1. The Bertz CT molecular complexity index is 363. The molecule has 0 spiro atoms. The molecule has 0 unspecified atom stereocenters. The predicted molar refractivity (Wildman–Crippen MR) is 69.2 cm³/mol. The van der Waals surface area contributed by atoms with E-state index in [9.17, 15) is 4.79 Å². The minimum atomic E-state index is 0.0975. The first kappa shape index (κ1) is 13.6. The van der Waals surface area contributed by atoms with Crippen molar-refractivity contribution in [2.75, 3.05) is 13.7 Å². The van der Waals surface area contributed by atoms with Crippen molar-refractivity contribution in [1.82, 2.24) is 5.32 Å². The van der Waals surface area contributed by atoms with Crippen molar-refractivity contribution in [2.45, 2.75) is 26.7 Å². The predicted octanol–water partition coefficient (Wildman–Crippen LogP) is 2.40. The maximum atomic E-state index is 11.6. The van der Waals surface area contributed by atoms with Gasteiger partial charge in [-0.2, -0.15) is 0 Å². The van der Waals surface area contributed by atoms with Crippen LogP contribution in [0.25, 0.3) is 0 Å². The Balaban J connectivity index is 2.37. The van der Waals surface area contributed by atoms with Crippen LogP contribution < -0.4 is 10.1 Å². The molecule has 0 fully saturated rings. The maximum Gasteiger partial charge on any atom is 0.222 e. The van der Waals surface area contributed by atoms with E-state index in [0.29, 0.717) is 6.54 Å². The van der Waals surface area contributed by atoms with Crippen LogP contribution in [0.4, 0.5) is 0 Å². The molecular formula is C14H21NO2. The number of carbonyl (C=O) groups is 1. The van der Waals surface area contributed by atoms with E-state index in [1.54, 1.807) is 7.11 Å². The van der Waals surface area contributed by atoms with E-state index in [-0.39, 0.29) is 11.8 Å². The van der Waals surface area contributed by atoms with Gasteiger partial charge in [0.05, 0.1) is 7.11 Å². The second-order valence-corrected chi connectivity index (χ2v) is 4.20. The third kappa shape index (κ3) is 4.47. The summed E-state index contributed by atoms with van der Waals surface area (Å²) in [5.41, 5.74) is 1.17. The average Bonchev–Trinajstić information content (AvgIpc) is 2.37. The second-order valence-electron chi connectivity index (χ2n) is 4.20. The van der Waals surface area contributed by atoms with Crippen molar-refractivity contribution in [3.05, 3.63) is 29.8 Å². The minimum absolute atomic E-state index is 0.0975. The molecule has 0 aliphatic carbocycles. The smallest absolute Gasteiger partial charge is 0.222 e. The summed E-state index contributed by atoms with van der Waals surface area (Å²) in [5.74, 6) is 1.09. The Morgan fingerprint density at radius 3 is 2.88 bits per heavy atom. The van der Waals surface area contributed by atoms with E-state index >= 15 is 0 Å². The number of ether oxygens (including phenoxy) is 1. The molecule has 1 rings (SSSR count). The second kappa shape index (κ2) is 6.94. The SMILES string of the molecule is CC[C@H](C)C(=O)NCCc1cccc(OC)c1. The molecule has 17 heavy (non-hydrogen) atoms. The van der Waals surface area contributed by atoms with E-state index < -0.39 is 0 Å². The lowest BCUT2D eigenvalue weighted by Crippen LogP contribution is -2.30. The topological polar surface area (TPSA) is 38.3 Å². The molecule has 3 heteroatoms. The highest BCUT2D eigenvalue weighted by Gasteiger charge is 2.08. The van der Waals surface area contributed by atoms with E-state index in [4.69, 9.17) is 4.74 Å². The Hall–Kier alpha value is -1.51. The lowest BCUT2D eigenvalue weighted by atomic mass is 10.1. The van der Waals surface area contributed by atoms with Gasteiger partial charge in [-0.15, -0.1) is 0 Å². The van der Waals surface area contributed by atoms with Crippen molar-refractivity contribution < 1.29 is 9.53 Å². The Kier molecular flexibility index (Phi) is 5.53. The van der Waals surface area contributed by atoms with Crippen molar-refractivity contribution in [3.63, 3.8) is 0 Å². The fourth-order valence-corrected chi connectivity index (χ4v) is 1.52. The van der Waals surface area contributed by atoms with Gasteiger partial charge in [0.2, 0.25) is 5.91 Å². The number of methoxy groups -OCH3 is 1. The zero-order valence-electron chi connectivity index (χ0n) is 10.8. The van der Waals surface area contributed by atoms with E-state index in [0.717, 1.165) is 18.6 Å². The molecular weight excluding hydrogens is 214 g/mol. The van der Waals surface area contributed by atoms with Crippen molar-refractivity contribution >= 4 is 5.91 Å². The fraction of sp³-hybridized carbons (Fsp3) is 0.500. The van der Waals surface area contributed by atoms with E-state index in [1.165, 1.54) is 5.56 Å². The highest BCUT2D eigenvalue weighted by Crippen LogP contribution is 2.12. The Morgan fingerprint density at radius 2 is 2.24 bits per heavy atom. The quantitative estimate of drug-likeness (QED) is 0.822. The van der Waals surface area contributed by atoms with Crippen LogP contribution >= 0.6 is 0 Å². The molecule has 94 valence electrons. The monoisotopic (exact) mass is 235 g/mol. The molecule has 0 bridgehead atoms. The van der Waals surface area contributed by atoms with Gasteiger partial charge < -0.3 is 10.1 Å². The van der Waals surface area contributed by atoms with Crippen LogP contribution in [-0.4, -0.2) is 19.6 Å². The molecule has 0 aromatic heterocycles. The van der Waals surface area contributed by atoms with Crippen LogP contribution in [0.3, 0.4) is 0 Å². The summed E-state index contributed by atoms with van der Waals surface area (Å²) in [6.45, 7) is 4.64. The highest BCUT2D eigenvalue weighted by molar-refractivity contribution is 5.78. The summed E-state index contributed by atoms with van der Waals surface area (Å²) in [5, 5.41) is 2.94. The lowest BCUT2D eigenvalue weighted by Gasteiger charge is -2.10. The fourth-order valence-electron chi connectivity index (χ4n) is 1.52. The minimum Gasteiger partial charge on any atom is -0.497 e. The van der Waals surface area contributed by atoms with Crippen LogP contribution in [0.5, 0.6) is 5.75 Å². The molecule has 0 aliphatic heterocycles. The molecule has 1 amide bonds. The molecule has 0 saturated heterocycles. The number of benzene rings is 1. The summed E-state index contributed by atoms with van der Waals surface area (Å²) in [4.78, 5) is 11.6. The largest absolute Gasteiger partial charge is 0.497 e. The van der Waals surface area contributed by atoms with Gasteiger partial charge in [-0.05, 0) is 30.5 Å². The van der Waals surface area contributed by atoms with Gasteiger partial charge in [0.15, 0.2) is 0 Å². The zero-order valence-corrected chi connectivity index (χ0v) is 10.8. The van der Waals surface area contributed by atoms with Crippen molar-refractivity contribution in [1.29, 1.82) is 0 Å². The maximum absolute atomic E-state index is 11.6. The molecule has 0 heterocycles. The molecule has 3 nitrogen and oxygen atoms in total. The van der Waals surface area contributed by atoms with Crippen LogP contribution in [0.2, 0.25) is 0 Å². The Morgan fingerprint density at radius 1 is 1.47 bits per heavy atom. The third-order valence-electron chi connectivity index (χ3n) is 2.91. The normalized spacial score (nSPS) is 11.9. The van der Waals surface area contributed by atoms with Gasteiger partial charge in [0.1, 0.15) is 5.75 Å². The number of hydrogen-bond donors (Lipinski definition) is 1. The summed E-state index contributed by atoms with van der Waals surface area (Å²) >= 11 is 0. The van der Waals surface area contributed by atoms with Crippen molar-refractivity contribution in [3.8, 4) is 5.75 Å². The first-order valence-corrected chi connectivity index (χ1v) is 6.08. The van der Waals surface area contributed by atoms with E-state index in [2.05, 4.69) is 5.32 Å². The lowest BCUT2D eigenvalue weighted by molar-refractivity contribution is -0.124. The third-order valence-corrected chi connectivity index (χ3v) is 2.91. The number of hydrogen-bond acceptors (Lipinski definition) is 2. The summed E-state index contributed by atoms with van der Waals surface area (Å²) in [6, 6.07) is 7.92. The molecule has 1 aromatic rings. The molecule has 1 aromatic carbocycles. The van der Waals surface area contributed by atoms with Gasteiger partial charge in [-0.25, -0.2) is 0 Å². The number of nitrogens with one attached hydrogen (secondary N) is 1.